The molecule has 0 aromatic carbocycles. The lowest BCUT2D eigenvalue weighted by molar-refractivity contribution is 0.173. The Balaban J connectivity index is 1.93. The lowest BCUT2D eigenvalue weighted by Gasteiger charge is -2.10. The molecule has 0 radical (unpaired) electrons. The molecule has 2 rings (SSSR count). The summed E-state index contributed by atoms with van der Waals surface area (Å²) < 4.78 is 5.11. The van der Waals surface area contributed by atoms with Gasteiger partial charge in [0.25, 0.3) is 0 Å². The minimum atomic E-state index is -0.193. The summed E-state index contributed by atoms with van der Waals surface area (Å²) in [7, 11) is 0. The maximum atomic E-state index is 9.37. The van der Waals surface area contributed by atoms with Crippen LogP contribution in [0.25, 0.3) is 0 Å². The van der Waals surface area contributed by atoms with Crippen LogP contribution in [0.3, 0.4) is 0 Å². The lowest BCUT2D eigenvalue weighted by atomic mass is 10.2. The van der Waals surface area contributed by atoms with E-state index in [9.17, 15) is 5.11 Å². The van der Waals surface area contributed by atoms with E-state index in [0.717, 1.165) is 13.0 Å². The maximum absolute atomic E-state index is 9.37. The summed E-state index contributed by atoms with van der Waals surface area (Å²) in [5.41, 5.74) is 0. The number of hydrogen-bond donors (Lipinski definition) is 1. The second-order valence-corrected chi connectivity index (χ2v) is 4.38. The van der Waals surface area contributed by atoms with Crippen LogP contribution < -0.4 is 0 Å². The first-order valence-electron chi connectivity index (χ1n) is 5.38. The molecule has 1 aliphatic heterocycles. The first-order valence-corrected chi connectivity index (χ1v) is 5.38. The largest absolute Gasteiger partial charge is 0.392 e. The lowest BCUT2D eigenvalue weighted by Crippen LogP contribution is -2.22. The highest BCUT2D eigenvalue weighted by Gasteiger charge is 2.22. The van der Waals surface area contributed by atoms with Crippen molar-refractivity contribution in [1.29, 1.82) is 0 Å². The molecule has 0 amide bonds. The highest BCUT2D eigenvalue weighted by molar-refractivity contribution is 4.91. The van der Waals surface area contributed by atoms with E-state index in [2.05, 4.69) is 15.0 Å². The number of hydrogen-bond acceptors (Lipinski definition) is 5. The Labute approximate surface area is 89.1 Å². The van der Waals surface area contributed by atoms with Crippen molar-refractivity contribution in [3.63, 3.8) is 0 Å². The molecule has 1 fully saturated rings. The summed E-state index contributed by atoms with van der Waals surface area (Å²) in [5, 5.41) is 13.3. The van der Waals surface area contributed by atoms with Gasteiger partial charge in [0.1, 0.15) is 0 Å². The molecular formula is C10H17N3O2. The van der Waals surface area contributed by atoms with Gasteiger partial charge in [0.05, 0.1) is 12.6 Å². The Morgan fingerprint density at radius 2 is 2.40 bits per heavy atom. The summed E-state index contributed by atoms with van der Waals surface area (Å²) >= 11 is 0. The van der Waals surface area contributed by atoms with Gasteiger partial charge in [-0.05, 0) is 6.42 Å². The second kappa shape index (κ2) is 4.28. The Morgan fingerprint density at radius 3 is 2.93 bits per heavy atom. The van der Waals surface area contributed by atoms with Gasteiger partial charge >= 0.3 is 0 Å². The van der Waals surface area contributed by atoms with Gasteiger partial charge in [-0.3, -0.25) is 4.90 Å². The predicted octanol–water partition coefficient (Wildman–Crippen LogP) is 0.760. The minimum Gasteiger partial charge on any atom is -0.392 e. The Hall–Kier alpha value is -0.940. The standard InChI is InChI=1S/C10H17N3O2/c1-7(2)10-11-9(12-15-10)6-13-4-3-8(14)5-13/h7-8,14H,3-6H2,1-2H3. The van der Waals surface area contributed by atoms with Crippen LogP contribution in [0.2, 0.25) is 0 Å². The number of rotatable bonds is 3. The molecule has 0 aliphatic carbocycles. The molecule has 1 aromatic heterocycles. The molecule has 1 atom stereocenters. The maximum Gasteiger partial charge on any atom is 0.229 e. The monoisotopic (exact) mass is 211 g/mol. The number of aliphatic hydroxyl groups is 1. The number of aliphatic hydroxyl groups excluding tert-OH is 1. The van der Waals surface area contributed by atoms with Crippen molar-refractivity contribution in [2.45, 2.75) is 38.8 Å². The van der Waals surface area contributed by atoms with Crippen molar-refractivity contribution < 1.29 is 9.63 Å². The molecule has 1 saturated heterocycles. The zero-order valence-corrected chi connectivity index (χ0v) is 9.18. The number of nitrogens with zero attached hydrogens (tertiary/aromatic N) is 3. The molecule has 1 N–H and O–H groups in total. The van der Waals surface area contributed by atoms with Gasteiger partial charge < -0.3 is 9.63 Å². The molecule has 0 saturated carbocycles. The summed E-state index contributed by atoms with van der Waals surface area (Å²) in [6.07, 6.45) is 0.649. The van der Waals surface area contributed by atoms with Gasteiger partial charge in [0, 0.05) is 19.0 Å². The molecule has 2 heterocycles. The molecule has 1 aromatic rings. The molecule has 84 valence electrons. The van der Waals surface area contributed by atoms with E-state index in [0.29, 0.717) is 24.8 Å². The molecule has 0 spiro atoms. The third-order valence-electron chi connectivity index (χ3n) is 2.59. The van der Waals surface area contributed by atoms with E-state index >= 15 is 0 Å². The first-order chi connectivity index (χ1) is 7.15. The summed E-state index contributed by atoms with van der Waals surface area (Å²) in [4.78, 5) is 6.44. The van der Waals surface area contributed by atoms with Crippen LogP contribution in [0.4, 0.5) is 0 Å². The summed E-state index contributed by atoms with van der Waals surface area (Å²) in [6.45, 7) is 6.35. The normalized spacial score (nSPS) is 22.8. The van der Waals surface area contributed by atoms with Crippen molar-refractivity contribution in [1.82, 2.24) is 15.0 Å². The van der Waals surface area contributed by atoms with Gasteiger partial charge in [0.15, 0.2) is 5.82 Å². The van der Waals surface area contributed by atoms with Crippen LogP contribution in [-0.2, 0) is 6.54 Å². The Morgan fingerprint density at radius 1 is 1.60 bits per heavy atom. The van der Waals surface area contributed by atoms with Crippen molar-refractivity contribution in [2.75, 3.05) is 13.1 Å². The van der Waals surface area contributed by atoms with Gasteiger partial charge in [0.2, 0.25) is 5.89 Å². The van der Waals surface area contributed by atoms with Crippen LogP contribution in [-0.4, -0.2) is 39.3 Å². The molecule has 5 heteroatoms. The highest BCUT2D eigenvalue weighted by atomic mass is 16.5. The van der Waals surface area contributed by atoms with Crippen LogP contribution in [0.1, 0.15) is 37.9 Å². The molecule has 1 aliphatic rings. The first kappa shape index (κ1) is 10.6. The molecular weight excluding hydrogens is 194 g/mol. The third-order valence-corrected chi connectivity index (χ3v) is 2.59. The summed E-state index contributed by atoms with van der Waals surface area (Å²) in [5.74, 6) is 1.67. The van der Waals surface area contributed by atoms with Crippen molar-refractivity contribution in [2.24, 2.45) is 0 Å². The number of likely N-dealkylation sites (tertiary alicyclic amines) is 1. The van der Waals surface area contributed by atoms with Crippen molar-refractivity contribution in [3.05, 3.63) is 11.7 Å². The fourth-order valence-electron chi connectivity index (χ4n) is 1.72. The van der Waals surface area contributed by atoms with E-state index in [1.165, 1.54) is 0 Å². The van der Waals surface area contributed by atoms with Crippen LogP contribution in [0, 0.1) is 0 Å². The van der Waals surface area contributed by atoms with E-state index < -0.39 is 0 Å². The average Bonchev–Trinajstić information content (AvgIpc) is 2.76. The van der Waals surface area contributed by atoms with Crippen molar-refractivity contribution >= 4 is 0 Å². The zero-order valence-electron chi connectivity index (χ0n) is 9.18. The molecule has 15 heavy (non-hydrogen) atoms. The van der Waals surface area contributed by atoms with E-state index in [1.54, 1.807) is 0 Å². The van der Waals surface area contributed by atoms with Crippen LogP contribution in [0.5, 0.6) is 0 Å². The van der Waals surface area contributed by atoms with E-state index in [1.807, 2.05) is 13.8 Å². The number of aromatic nitrogens is 2. The van der Waals surface area contributed by atoms with Gasteiger partial charge in [-0.15, -0.1) is 0 Å². The van der Waals surface area contributed by atoms with Gasteiger partial charge in [-0.2, -0.15) is 4.98 Å². The third kappa shape index (κ3) is 2.54. The Kier molecular flexibility index (Phi) is 3.02. The van der Waals surface area contributed by atoms with E-state index in [4.69, 9.17) is 4.52 Å². The second-order valence-electron chi connectivity index (χ2n) is 4.38. The average molecular weight is 211 g/mol. The Bertz CT molecular complexity index is 324. The molecule has 0 bridgehead atoms. The zero-order chi connectivity index (χ0) is 10.8. The molecule has 5 nitrogen and oxygen atoms in total. The van der Waals surface area contributed by atoms with Crippen LogP contribution in [0.15, 0.2) is 4.52 Å². The van der Waals surface area contributed by atoms with Crippen LogP contribution >= 0.6 is 0 Å². The predicted molar refractivity (Wildman–Crippen MR) is 54.3 cm³/mol. The van der Waals surface area contributed by atoms with Gasteiger partial charge in [-0.25, -0.2) is 0 Å². The highest BCUT2D eigenvalue weighted by Crippen LogP contribution is 2.14. The quantitative estimate of drug-likeness (QED) is 0.799. The van der Waals surface area contributed by atoms with E-state index in [-0.39, 0.29) is 12.0 Å². The fourth-order valence-corrected chi connectivity index (χ4v) is 1.72. The van der Waals surface area contributed by atoms with Crippen molar-refractivity contribution in [3.8, 4) is 0 Å². The fraction of sp³-hybridized carbons (Fsp3) is 0.800. The smallest absolute Gasteiger partial charge is 0.229 e. The molecule has 1 unspecified atom stereocenters. The minimum absolute atomic E-state index is 0.193. The summed E-state index contributed by atoms with van der Waals surface area (Å²) in [6, 6.07) is 0. The number of β-amino-alcohol motifs (C(OH)–C–C–N with tert-alkyl or cyclic N) is 1. The SMILES string of the molecule is CC(C)c1nc(CN2CCC(O)C2)no1. The van der Waals surface area contributed by atoms with Gasteiger partial charge in [-0.1, -0.05) is 19.0 Å². The topological polar surface area (TPSA) is 62.4 Å².